The molecular weight excluding hydrogens is 287 g/mol. The van der Waals surface area contributed by atoms with E-state index in [0.717, 1.165) is 17.3 Å². The number of hydrogen-bond donors (Lipinski definition) is 1. The molecule has 1 aliphatic rings. The Balaban J connectivity index is 2.33. The molecule has 1 aromatic carbocycles. The van der Waals surface area contributed by atoms with Gasteiger partial charge in [0.25, 0.3) is 0 Å². The third-order valence-electron chi connectivity index (χ3n) is 3.44. The fourth-order valence-corrected chi connectivity index (χ4v) is 2.86. The maximum absolute atomic E-state index is 13.8. The topological polar surface area (TPSA) is 29.5 Å². The summed E-state index contributed by atoms with van der Waals surface area (Å²) in [4.78, 5) is 0. The van der Waals surface area contributed by atoms with Crippen molar-refractivity contribution in [3.05, 3.63) is 34.1 Å². The Labute approximate surface area is 109 Å². The molecule has 0 aromatic heterocycles. The molecule has 94 valence electrons. The Hall–Kier alpha value is -0.450. The van der Waals surface area contributed by atoms with Gasteiger partial charge in [0.15, 0.2) is 0 Å². The number of ether oxygens (including phenoxy) is 1. The summed E-state index contributed by atoms with van der Waals surface area (Å²) in [7, 11) is 1.63. The van der Waals surface area contributed by atoms with Crippen LogP contribution in [-0.4, -0.2) is 18.3 Å². The van der Waals surface area contributed by atoms with Crippen LogP contribution in [0, 0.1) is 5.82 Å². The molecule has 17 heavy (non-hydrogen) atoms. The van der Waals surface area contributed by atoms with E-state index in [4.69, 9.17) is 4.74 Å². The lowest BCUT2D eigenvalue weighted by Gasteiger charge is -2.36. The summed E-state index contributed by atoms with van der Waals surface area (Å²) < 4.78 is 19.9. The van der Waals surface area contributed by atoms with Crippen LogP contribution in [0.1, 0.15) is 31.2 Å². The number of methoxy groups -OCH3 is 1. The van der Waals surface area contributed by atoms with Crippen LogP contribution < -0.4 is 0 Å². The summed E-state index contributed by atoms with van der Waals surface area (Å²) in [5.74, 6) is -0.354. The highest BCUT2D eigenvalue weighted by atomic mass is 79.9. The molecule has 0 saturated heterocycles. The van der Waals surface area contributed by atoms with E-state index in [1.807, 2.05) is 0 Å². The minimum atomic E-state index is -1.10. The summed E-state index contributed by atoms with van der Waals surface area (Å²) in [6.45, 7) is 0. The molecule has 1 fully saturated rings. The fourth-order valence-electron chi connectivity index (χ4n) is 2.50. The van der Waals surface area contributed by atoms with Gasteiger partial charge in [-0.05, 0) is 37.5 Å². The van der Waals surface area contributed by atoms with Gasteiger partial charge in [-0.25, -0.2) is 4.39 Å². The molecule has 0 spiro atoms. The van der Waals surface area contributed by atoms with Gasteiger partial charge in [0.05, 0.1) is 11.7 Å². The maximum Gasteiger partial charge on any atom is 0.129 e. The second-order valence-corrected chi connectivity index (χ2v) is 5.53. The number of aliphatic hydroxyl groups is 1. The molecule has 0 bridgehead atoms. The van der Waals surface area contributed by atoms with E-state index in [2.05, 4.69) is 15.9 Å². The molecule has 1 saturated carbocycles. The monoisotopic (exact) mass is 302 g/mol. The molecular formula is C13H16BrFO2. The lowest BCUT2D eigenvalue weighted by molar-refractivity contribution is -0.0650. The smallest absolute Gasteiger partial charge is 0.129 e. The van der Waals surface area contributed by atoms with Gasteiger partial charge in [-0.2, -0.15) is 0 Å². The summed E-state index contributed by atoms with van der Waals surface area (Å²) in [5, 5.41) is 10.6. The van der Waals surface area contributed by atoms with E-state index in [-0.39, 0.29) is 11.9 Å². The van der Waals surface area contributed by atoms with Gasteiger partial charge in [-0.1, -0.05) is 15.9 Å². The Morgan fingerprint density at radius 2 is 2.29 bits per heavy atom. The largest absolute Gasteiger partial charge is 0.385 e. The molecule has 0 radical (unpaired) electrons. The molecule has 2 unspecified atom stereocenters. The summed E-state index contributed by atoms with van der Waals surface area (Å²) in [6.07, 6.45) is 2.82. The molecule has 2 atom stereocenters. The average Bonchev–Trinajstić information content (AvgIpc) is 2.32. The highest BCUT2D eigenvalue weighted by Crippen LogP contribution is 2.39. The minimum Gasteiger partial charge on any atom is -0.385 e. The van der Waals surface area contributed by atoms with E-state index < -0.39 is 5.60 Å². The Morgan fingerprint density at radius 3 is 3.00 bits per heavy atom. The second kappa shape index (κ2) is 5.04. The SMILES string of the molecule is COC1CCCC(O)(c2cc(Br)ccc2F)C1. The lowest BCUT2D eigenvalue weighted by Crippen LogP contribution is -2.36. The summed E-state index contributed by atoms with van der Waals surface area (Å²) in [6, 6.07) is 4.68. The normalized spacial score (nSPS) is 29.3. The zero-order valence-corrected chi connectivity index (χ0v) is 11.3. The average molecular weight is 303 g/mol. The van der Waals surface area contributed by atoms with Crippen LogP contribution in [0.4, 0.5) is 4.39 Å². The van der Waals surface area contributed by atoms with Crippen molar-refractivity contribution in [3.8, 4) is 0 Å². The zero-order valence-electron chi connectivity index (χ0n) is 9.75. The van der Waals surface area contributed by atoms with Crippen LogP contribution in [0.25, 0.3) is 0 Å². The van der Waals surface area contributed by atoms with Crippen molar-refractivity contribution >= 4 is 15.9 Å². The van der Waals surface area contributed by atoms with E-state index in [1.54, 1.807) is 19.2 Å². The first-order valence-electron chi connectivity index (χ1n) is 5.76. The molecule has 4 heteroatoms. The highest BCUT2D eigenvalue weighted by molar-refractivity contribution is 9.10. The molecule has 0 aliphatic heterocycles. The molecule has 2 rings (SSSR count). The van der Waals surface area contributed by atoms with Crippen LogP contribution in [0.2, 0.25) is 0 Å². The number of hydrogen-bond acceptors (Lipinski definition) is 2. The van der Waals surface area contributed by atoms with Crippen molar-refractivity contribution in [3.63, 3.8) is 0 Å². The standard InChI is InChI=1S/C13H16BrFO2/c1-17-10-3-2-6-13(16,8-10)11-7-9(14)4-5-12(11)15/h4-5,7,10,16H,2-3,6,8H2,1H3. The molecule has 1 aromatic rings. The number of rotatable bonds is 2. The van der Waals surface area contributed by atoms with Crippen molar-refractivity contribution in [2.45, 2.75) is 37.4 Å². The van der Waals surface area contributed by atoms with E-state index in [9.17, 15) is 9.50 Å². The Bertz CT molecular complexity index is 410. The number of benzene rings is 1. The first kappa shape index (κ1) is 13.0. The van der Waals surface area contributed by atoms with E-state index in [1.165, 1.54) is 6.07 Å². The molecule has 1 aliphatic carbocycles. The minimum absolute atomic E-state index is 0.00660. The van der Waals surface area contributed by atoms with Gasteiger partial charge in [-0.3, -0.25) is 0 Å². The van der Waals surface area contributed by atoms with Crippen molar-refractivity contribution in [2.75, 3.05) is 7.11 Å². The zero-order chi connectivity index (χ0) is 12.5. The summed E-state index contributed by atoms with van der Waals surface area (Å²) >= 11 is 3.31. The van der Waals surface area contributed by atoms with Gasteiger partial charge < -0.3 is 9.84 Å². The van der Waals surface area contributed by atoms with Gasteiger partial charge in [-0.15, -0.1) is 0 Å². The van der Waals surface area contributed by atoms with Gasteiger partial charge in [0.1, 0.15) is 5.82 Å². The van der Waals surface area contributed by atoms with Crippen LogP contribution in [0.3, 0.4) is 0 Å². The van der Waals surface area contributed by atoms with Crippen LogP contribution in [-0.2, 0) is 10.3 Å². The highest BCUT2D eigenvalue weighted by Gasteiger charge is 2.38. The molecule has 1 N–H and O–H groups in total. The molecule has 2 nitrogen and oxygen atoms in total. The predicted molar refractivity (Wildman–Crippen MR) is 67.3 cm³/mol. The molecule has 0 heterocycles. The van der Waals surface area contributed by atoms with Gasteiger partial charge >= 0.3 is 0 Å². The Kier molecular flexibility index (Phi) is 3.85. The quantitative estimate of drug-likeness (QED) is 0.908. The Morgan fingerprint density at radius 1 is 1.53 bits per heavy atom. The third-order valence-corrected chi connectivity index (χ3v) is 3.94. The third kappa shape index (κ3) is 2.69. The van der Waals surface area contributed by atoms with Crippen molar-refractivity contribution in [1.82, 2.24) is 0 Å². The van der Waals surface area contributed by atoms with Crippen molar-refractivity contribution < 1.29 is 14.2 Å². The van der Waals surface area contributed by atoms with E-state index >= 15 is 0 Å². The summed E-state index contributed by atoms with van der Waals surface area (Å²) in [5.41, 5.74) is -0.735. The fraction of sp³-hybridized carbons (Fsp3) is 0.538. The molecule has 0 amide bonds. The predicted octanol–water partition coefficient (Wildman–Crippen LogP) is 3.36. The lowest BCUT2D eigenvalue weighted by atomic mass is 9.78. The second-order valence-electron chi connectivity index (χ2n) is 4.61. The first-order chi connectivity index (χ1) is 8.05. The van der Waals surface area contributed by atoms with Gasteiger partial charge in [0.2, 0.25) is 0 Å². The van der Waals surface area contributed by atoms with Gasteiger partial charge in [0, 0.05) is 23.6 Å². The van der Waals surface area contributed by atoms with E-state index in [0.29, 0.717) is 18.4 Å². The van der Waals surface area contributed by atoms with Crippen molar-refractivity contribution in [1.29, 1.82) is 0 Å². The van der Waals surface area contributed by atoms with Crippen LogP contribution >= 0.6 is 15.9 Å². The van der Waals surface area contributed by atoms with Crippen molar-refractivity contribution in [2.24, 2.45) is 0 Å². The van der Waals surface area contributed by atoms with Crippen LogP contribution in [0.5, 0.6) is 0 Å². The number of halogens is 2. The maximum atomic E-state index is 13.8. The first-order valence-corrected chi connectivity index (χ1v) is 6.55. The van der Waals surface area contributed by atoms with Crippen LogP contribution in [0.15, 0.2) is 22.7 Å².